The normalized spacial score (nSPS) is 9.32. The van der Waals surface area contributed by atoms with Gasteiger partial charge in [0.1, 0.15) is 0 Å². The van der Waals surface area contributed by atoms with Crippen LogP contribution in [-0.4, -0.2) is 49.8 Å². The summed E-state index contributed by atoms with van der Waals surface area (Å²) >= 11 is 0. The molecule has 0 aliphatic carbocycles. The number of hydrogen-bond donors (Lipinski definition) is 0. The van der Waals surface area contributed by atoms with Crippen molar-refractivity contribution in [1.29, 1.82) is 0 Å². The molecule has 10 nitrogen and oxygen atoms in total. The van der Waals surface area contributed by atoms with Gasteiger partial charge in [0.25, 0.3) is 0 Å². The average molecular weight is 1780 g/mol. The Bertz CT molecular complexity index is 6330. The molecule has 0 amide bonds. The Labute approximate surface area is 800 Å². The van der Waals surface area contributed by atoms with E-state index in [0.29, 0.717) is 0 Å². The van der Waals surface area contributed by atoms with E-state index in [0.717, 1.165) is 76.7 Å². The van der Waals surface area contributed by atoms with Crippen LogP contribution in [0.5, 0.6) is 0 Å². The van der Waals surface area contributed by atoms with Gasteiger partial charge < -0.3 is 0 Å². The van der Waals surface area contributed by atoms with Crippen LogP contribution in [0.4, 0.5) is 0 Å². The maximum Gasteiger partial charge on any atom is 0.0967 e. The van der Waals surface area contributed by atoms with Crippen molar-refractivity contribution < 1.29 is 0 Å². The second-order valence-electron chi connectivity index (χ2n) is 26.4. The minimum atomic E-state index is 0.981. The van der Waals surface area contributed by atoms with Gasteiger partial charge >= 0.3 is 0 Å². The van der Waals surface area contributed by atoms with Crippen molar-refractivity contribution in [1.82, 2.24) is 49.8 Å². The first-order valence-corrected chi connectivity index (χ1v) is 49.2. The largest absolute Gasteiger partial charge is 0.256 e. The van der Waals surface area contributed by atoms with Crippen molar-refractivity contribution in [2.45, 2.75) is 242 Å². The summed E-state index contributed by atoms with van der Waals surface area (Å²) < 4.78 is 0. The lowest BCUT2D eigenvalue weighted by atomic mass is 10.0. The van der Waals surface area contributed by atoms with Crippen LogP contribution in [-0.2, 0) is 0 Å². The van der Waals surface area contributed by atoms with Gasteiger partial charge in [0.2, 0.25) is 0 Å². The molecule has 21 rings (SSSR count). The van der Waals surface area contributed by atoms with Crippen molar-refractivity contribution in [2.75, 3.05) is 0 Å². The Hall–Kier alpha value is -13.4. The molecule has 21 aromatic rings. The zero-order valence-corrected chi connectivity index (χ0v) is 87.6. The number of aromatic nitrogens is 10. The molecule has 0 spiro atoms. The second-order valence-corrected chi connectivity index (χ2v) is 26.4. The Morgan fingerprint density at radius 2 is 0.383 bits per heavy atom. The smallest absolute Gasteiger partial charge is 0.0967 e. The minimum Gasteiger partial charge on any atom is -0.256 e. The fourth-order valence-corrected chi connectivity index (χ4v) is 13.8. The van der Waals surface area contributed by atoms with Gasteiger partial charge in [-0.1, -0.05) is 387 Å². The molecule has 0 atom stereocenters. The third-order valence-corrected chi connectivity index (χ3v) is 19.1. The fraction of sp³-hybridized carbons (Fsp3) is 0.285. The van der Waals surface area contributed by atoms with Crippen LogP contribution in [0, 0.1) is 48.5 Å². The molecule has 0 aliphatic heterocycles. The fourth-order valence-electron chi connectivity index (χ4n) is 13.8. The number of rotatable bonds is 0. The van der Waals surface area contributed by atoms with Crippen LogP contribution < -0.4 is 0 Å². The van der Waals surface area contributed by atoms with Crippen molar-refractivity contribution in [3.63, 3.8) is 0 Å². The average Bonchev–Trinajstić information content (AvgIpc) is 0.809. The first kappa shape index (κ1) is 118. The summed E-state index contributed by atoms with van der Waals surface area (Å²) in [5.41, 5.74) is 19.2. The molecular formula is C123H158N10. The lowest BCUT2D eigenvalue weighted by Gasteiger charge is -2.05. The maximum absolute atomic E-state index is 4.45. The number of nitrogens with zero attached hydrogens (tertiary/aromatic N) is 10. The van der Waals surface area contributed by atoms with E-state index >= 15 is 0 Å². The third kappa shape index (κ3) is 32.8. The first-order valence-electron chi connectivity index (χ1n) is 49.2. The number of pyridine rings is 10. The molecular weight excluding hydrogens is 1620 g/mol. The van der Waals surface area contributed by atoms with Gasteiger partial charge in [0.15, 0.2) is 0 Å². The number of benzene rings is 11. The summed E-state index contributed by atoms with van der Waals surface area (Å²) in [5.74, 6) is 0. The molecule has 133 heavy (non-hydrogen) atoms. The summed E-state index contributed by atoms with van der Waals surface area (Å²) in [6.45, 7) is 70.8. The van der Waals surface area contributed by atoms with E-state index < -0.39 is 0 Å². The lowest BCUT2D eigenvalue weighted by molar-refractivity contribution is 1.32. The Kier molecular flexibility index (Phi) is 60.6. The lowest BCUT2D eigenvalue weighted by Crippen LogP contribution is -1.86. The standard InChI is InChI=1S/4C14H11N.3C13H10N2.14C2H6/c1-10-4-2-6-13-12(10)8-7-11-5-3-9-15-14(11)13;1-10-4-7-13-12(9-10)6-5-11-3-2-8-15-14(11)13;1-10-4-5-11-6-7-12-3-2-8-15-14(12)13(11)9-10;1-10-9-11-5-4-8-15-14(11)13-7-3-2-6-12(10)13;1-9-8-10-4-2-6-14-12(10)13-11(9)5-3-7-15-13;1-9-6-8-15-13-11(9)5-4-10-3-2-7-14-12(10)13;1-9-7-11-5-4-10-3-2-6-14-12(10)13(11)15-8-9;14*1-2/h4*2-9H,1H3;3*2-8H,1H3;14*1-2H3. The van der Waals surface area contributed by atoms with Crippen LogP contribution in [0.2, 0.25) is 0 Å². The van der Waals surface area contributed by atoms with Gasteiger partial charge in [-0.15, -0.1) is 0 Å². The third-order valence-electron chi connectivity index (χ3n) is 19.1. The predicted molar refractivity (Wildman–Crippen MR) is 600 cm³/mol. The van der Waals surface area contributed by atoms with Gasteiger partial charge in [-0.2, -0.15) is 0 Å². The molecule has 10 aromatic heterocycles. The molecule has 0 saturated heterocycles. The molecule has 10 heteroatoms. The van der Waals surface area contributed by atoms with Crippen molar-refractivity contribution in [2.24, 2.45) is 0 Å². The summed E-state index contributed by atoms with van der Waals surface area (Å²) in [7, 11) is 0. The summed E-state index contributed by atoms with van der Waals surface area (Å²) in [6, 6.07) is 90.0. The molecule has 0 bridgehead atoms. The summed E-state index contributed by atoms with van der Waals surface area (Å²) in [6.07, 6.45) is 18.4. The van der Waals surface area contributed by atoms with Crippen molar-refractivity contribution in [3.8, 4) is 0 Å². The number of hydrogen-bond acceptors (Lipinski definition) is 10. The Morgan fingerprint density at radius 3 is 0.872 bits per heavy atom. The Morgan fingerprint density at radius 1 is 0.128 bits per heavy atom. The highest BCUT2D eigenvalue weighted by molar-refractivity contribution is 6.10. The van der Waals surface area contributed by atoms with E-state index in [1.54, 1.807) is 0 Å². The predicted octanol–water partition coefficient (Wildman–Crippen LogP) is 38.4. The zero-order chi connectivity index (χ0) is 99.8. The van der Waals surface area contributed by atoms with Crippen LogP contribution >= 0.6 is 0 Å². The summed E-state index contributed by atoms with van der Waals surface area (Å²) in [4.78, 5) is 44.2. The quantitative estimate of drug-likeness (QED) is 0.135. The highest BCUT2D eigenvalue weighted by atomic mass is 14.7. The van der Waals surface area contributed by atoms with Gasteiger partial charge in [0.05, 0.1) is 55.2 Å². The second kappa shape index (κ2) is 68.6. The zero-order valence-electron chi connectivity index (χ0n) is 87.6. The number of fused-ring (bicyclic) bond motifs is 21. The minimum absolute atomic E-state index is 0.981. The molecule has 10 heterocycles. The van der Waals surface area contributed by atoms with E-state index in [4.69, 9.17) is 0 Å². The van der Waals surface area contributed by atoms with Gasteiger partial charge in [0, 0.05) is 137 Å². The molecule has 0 saturated carbocycles. The van der Waals surface area contributed by atoms with E-state index in [9.17, 15) is 0 Å². The SMILES string of the molecule is CC.CC.CC.CC.CC.CC.CC.CC.CC.CC.CC.CC.CC.CC.Cc1cc2cccnc2c2ccccc12.Cc1cc2cccnc2c2ncccc12.Cc1ccc2c(ccc3cccnc32)c1.Cc1ccc2ccc3cccnc3c2c1.Cc1cccc2c1ccc1cccnc12.Cc1ccnc2c1ccc1cccnc12.Cc1cnc2c(ccc3cccnc32)c1. The molecule has 0 fully saturated rings. The molecule has 0 N–H and O–H groups in total. The maximum atomic E-state index is 4.45. The van der Waals surface area contributed by atoms with E-state index in [1.807, 2.05) is 310 Å². The topological polar surface area (TPSA) is 129 Å². The van der Waals surface area contributed by atoms with Crippen LogP contribution in [0.3, 0.4) is 0 Å². The molecule has 0 radical (unpaired) electrons. The summed E-state index contributed by atoms with van der Waals surface area (Å²) in [5, 5.41) is 21.9. The van der Waals surface area contributed by atoms with Crippen LogP contribution in [0.15, 0.2) is 323 Å². The highest BCUT2D eigenvalue weighted by Crippen LogP contribution is 2.32. The van der Waals surface area contributed by atoms with Gasteiger partial charge in [-0.3, -0.25) is 49.8 Å². The monoisotopic (exact) mass is 1780 g/mol. The molecule has 0 aliphatic rings. The number of aryl methyl sites for hydroxylation is 7. The van der Waals surface area contributed by atoms with Gasteiger partial charge in [-0.05, 0) is 177 Å². The molecule has 700 valence electrons. The van der Waals surface area contributed by atoms with E-state index in [1.165, 1.54) is 114 Å². The Balaban J connectivity index is 0.000000742. The molecule has 11 aromatic carbocycles. The van der Waals surface area contributed by atoms with E-state index in [2.05, 4.69) is 305 Å². The van der Waals surface area contributed by atoms with E-state index in [-0.39, 0.29) is 0 Å². The molecule has 0 unspecified atom stereocenters. The van der Waals surface area contributed by atoms with Crippen molar-refractivity contribution >= 4 is 152 Å². The first-order chi connectivity index (χ1) is 65.5. The highest BCUT2D eigenvalue weighted by Gasteiger charge is 2.10. The van der Waals surface area contributed by atoms with Crippen LogP contribution in [0.25, 0.3) is 152 Å². The van der Waals surface area contributed by atoms with Crippen molar-refractivity contribution in [3.05, 3.63) is 362 Å². The van der Waals surface area contributed by atoms with Gasteiger partial charge in [-0.25, -0.2) is 0 Å². The van der Waals surface area contributed by atoms with Crippen LogP contribution in [0.1, 0.15) is 233 Å².